The first-order chi connectivity index (χ1) is 9.85. The third kappa shape index (κ3) is 4.71. The maximum atomic E-state index is 12.1. The number of amides is 1. The van der Waals surface area contributed by atoms with E-state index >= 15 is 0 Å². The molecular weight excluding hydrogens is 290 g/mol. The summed E-state index contributed by atoms with van der Waals surface area (Å²) >= 11 is 0. The largest absolute Gasteiger partial charge is 0.399 e. The number of nitrogen functional groups attached to an aromatic ring is 1. The number of benzene rings is 1. The summed E-state index contributed by atoms with van der Waals surface area (Å²) < 4.78 is 23.1. The zero-order valence-corrected chi connectivity index (χ0v) is 12.9. The molecule has 3 N–H and O–H groups in total. The van der Waals surface area contributed by atoms with Gasteiger partial charge in [0, 0.05) is 17.9 Å². The molecule has 7 heteroatoms. The number of carbonyl (C=O) groups is 1. The fourth-order valence-corrected chi connectivity index (χ4v) is 3.62. The van der Waals surface area contributed by atoms with Crippen molar-refractivity contribution < 1.29 is 13.2 Å². The van der Waals surface area contributed by atoms with E-state index in [9.17, 15) is 13.2 Å². The lowest BCUT2D eigenvalue weighted by molar-refractivity contribution is -0.117. The SMILES string of the molecule is Cc1ccc(N)cc1NC(=O)CN1CCCS(=O)(=O)CC1. The summed E-state index contributed by atoms with van der Waals surface area (Å²) in [6.07, 6.45) is 0.576. The molecule has 0 bridgehead atoms. The van der Waals surface area contributed by atoms with Crippen LogP contribution in [0.3, 0.4) is 0 Å². The molecule has 1 fully saturated rings. The highest BCUT2D eigenvalue weighted by Crippen LogP contribution is 2.18. The van der Waals surface area contributed by atoms with Gasteiger partial charge in [0.25, 0.3) is 0 Å². The minimum Gasteiger partial charge on any atom is -0.399 e. The maximum Gasteiger partial charge on any atom is 0.238 e. The molecule has 2 rings (SSSR count). The number of hydrogen-bond donors (Lipinski definition) is 2. The van der Waals surface area contributed by atoms with Crippen molar-refractivity contribution >= 4 is 27.1 Å². The van der Waals surface area contributed by atoms with Crippen LogP contribution in [0.5, 0.6) is 0 Å². The average Bonchev–Trinajstić information content (AvgIpc) is 2.55. The number of sulfone groups is 1. The van der Waals surface area contributed by atoms with Crippen LogP contribution < -0.4 is 11.1 Å². The van der Waals surface area contributed by atoms with Crippen LogP contribution in [0.25, 0.3) is 0 Å². The molecule has 21 heavy (non-hydrogen) atoms. The fraction of sp³-hybridized carbons (Fsp3) is 0.500. The third-order valence-electron chi connectivity index (χ3n) is 3.55. The molecule has 1 heterocycles. The second-order valence-electron chi connectivity index (χ2n) is 5.40. The minimum absolute atomic E-state index is 0.123. The number of rotatable bonds is 3. The number of hydrogen-bond acceptors (Lipinski definition) is 5. The van der Waals surface area contributed by atoms with Gasteiger partial charge in [-0.25, -0.2) is 8.42 Å². The van der Waals surface area contributed by atoms with E-state index in [1.807, 2.05) is 17.9 Å². The minimum atomic E-state index is -2.95. The molecule has 0 radical (unpaired) electrons. The normalized spacial score (nSPS) is 18.9. The fourth-order valence-electron chi connectivity index (χ4n) is 2.32. The number of nitrogens with one attached hydrogen (secondary N) is 1. The molecule has 1 aliphatic heterocycles. The zero-order valence-electron chi connectivity index (χ0n) is 12.1. The quantitative estimate of drug-likeness (QED) is 0.799. The van der Waals surface area contributed by atoms with E-state index in [0.29, 0.717) is 30.9 Å². The van der Waals surface area contributed by atoms with Crippen LogP contribution in [-0.4, -0.2) is 50.4 Å². The van der Waals surface area contributed by atoms with Gasteiger partial charge in [-0.3, -0.25) is 9.69 Å². The predicted molar refractivity (Wildman–Crippen MR) is 83.9 cm³/mol. The van der Waals surface area contributed by atoms with Crippen molar-refractivity contribution in [3.63, 3.8) is 0 Å². The molecule has 0 unspecified atom stereocenters. The van der Waals surface area contributed by atoms with Crippen molar-refractivity contribution in [2.24, 2.45) is 0 Å². The summed E-state index contributed by atoms with van der Waals surface area (Å²) in [4.78, 5) is 14.0. The highest BCUT2D eigenvalue weighted by Gasteiger charge is 2.20. The Morgan fingerprint density at radius 3 is 2.86 bits per heavy atom. The van der Waals surface area contributed by atoms with Gasteiger partial charge < -0.3 is 11.1 Å². The Kier molecular flexibility index (Phi) is 4.84. The van der Waals surface area contributed by atoms with E-state index in [1.165, 1.54) is 0 Å². The summed E-state index contributed by atoms with van der Waals surface area (Å²) in [6, 6.07) is 5.36. The number of nitrogens with two attached hydrogens (primary N) is 1. The van der Waals surface area contributed by atoms with Gasteiger partial charge >= 0.3 is 0 Å². The summed E-state index contributed by atoms with van der Waals surface area (Å²) in [5.41, 5.74) is 7.94. The molecule has 1 aromatic carbocycles. The topological polar surface area (TPSA) is 92.5 Å². The van der Waals surface area contributed by atoms with E-state index in [1.54, 1.807) is 12.1 Å². The number of carbonyl (C=O) groups excluding carboxylic acids is 1. The molecule has 1 saturated heterocycles. The molecule has 0 saturated carbocycles. The monoisotopic (exact) mass is 311 g/mol. The summed E-state index contributed by atoms with van der Waals surface area (Å²) in [6.45, 7) is 3.13. The number of anilines is 2. The first-order valence-electron chi connectivity index (χ1n) is 6.94. The van der Waals surface area contributed by atoms with Crippen molar-refractivity contribution in [1.29, 1.82) is 0 Å². The molecule has 1 amide bonds. The van der Waals surface area contributed by atoms with Gasteiger partial charge in [0.2, 0.25) is 5.91 Å². The van der Waals surface area contributed by atoms with Crippen molar-refractivity contribution in [3.8, 4) is 0 Å². The molecule has 1 aliphatic rings. The smallest absolute Gasteiger partial charge is 0.238 e. The standard InChI is InChI=1S/C14H21N3O3S/c1-11-3-4-12(15)9-13(11)16-14(18)10-17-5-2-7-21(19,20)8-6-17/h3-4,9H,2,5-8,10,15H2,1H3,(H,16,18). The van der Waals surface area contributed by atoms with Gasteiger partial charge in [0.15, 0.2) is 9.84 Å². The lowest BCUT2D eigenvalue weighted by Crippen LogP contribution is -2.35. The van der Waals surface area contributed by atoms with E-state index in [0.717, 1.165) is 5.56 Å². The molecule has 0 aliphatic carbocycles. The maximum absolute atomic E-state index is 12.1. The number of aryl methyl sites for hydroxylation is 1. The molecule has 6 nitrogen and oxygen atoms in total. The van der Waals surface area contributed by atoms with Gasteiger partial charge in [0.1, 0.15) is 0 Å². The van der Waals surface area contributed by atoms with Crippen molar-refractivity contribution in [2.45, 2.75) is 13.3 Å². The second kappa shape index (κ2) is 6.44. The van der Waals surface area contributed by atoms with Gasteiger partial charge in [-0.05, 0) is 37.6 Å². The van der Waals surface area contributed by atoms with Gasteiger partial charge in [-0.2, -0.15) is 0 Å². The summed E-state index contributed by atoms with van der Waals surface area (Å²) in [5, 5.41) is 2.83. The van der Waals surface area contributed by atoms with Crippen LogP contribution in [0.2, 0.25) is 0 Å². The van der Waals surface area contributed by atoms with Crippen LogP contribution in [-0.2, 0) is 14.6 Å². The molecule has 0 aromatic heterocycles. The average molecular weight is 311 g/mol. The van der Waals surface area contributed by atoms with E-state index in [2.05, 4.69) is 5.32 Å². The van der Waals surface area contributed by atoms with Gasteiger partial charge in [-0.15, -0.1) is 0 Å². The summed E-state index contributed by atoms with van der Waals surface area (Å²) in [7, 11) is -2.95. The van der Waals surface area contributed by atoms with Crippen molar-refractivity contribution in [3.05, 3.63) is 23.8 Å². The van der Waals surface area contributed by atoms with Crippen LogP contribution >= 0.6 is 0 Å². The van der Waals surface area contributed by atoms with E-state index < -0.39 is 9.84 Å². The predicted octanol–water partition coefficient (Wildman–Crippen LogP) is 0.636. The van der Waals surface area contributed by atoms with Crippen LogP contribution in [0.1, 0.15) is 12.0 Å². The molecular formula is C14H21N3O3S. The second-order valence-corrected chi connectivity index (χ2v) is 7.71. The van der Waals surface area contributed by atoms with Gasteiger partial charge in [0.05, 0.1) is 18.1 Å². The van der Waals surface area contributed by atoms with E-state index in [4.69, 9.17) is 5.73 Å². The molecule has 0 atom stereocenters. The van der Waals surface area contributed by atoms with Crippen molar-refractivity contribution in [2.75, 3.05) is 42.2 Å². The first-order valence-corrected chi connectivity index (χ1v) is 8.77. The van der Waals surface area contributed by atoms with Crippen molar-refractivity contribution in [1.82, 2.24) is 4.90 Å². The van der Waals surface area contributed by atoms with E-state index in [-0.39, 0.29) is 24.0 Å². The first kappa shape index (κ1) is 15.8. The van der Waals surface area contributed by atoms with Gasteiger partial charge in [-0.1, -0.05) is 6.07 Å². The highest BCUT2D eigenvalue weighted by atomic mass is 32.2. The molecule has 1 aromatic rings. The summed E-state index contributed by atoms with van der Waals surface area (Å²) in [5.74, 6) is 0.180. The Morgan fingerprint density at radius 1 is 1.33 bits per heavy atom. The van der Waals surface area contributed by atoms with Crippen LogP contribution in [0, 0.1) is 6.92 Å². The Labute approximate surface area is 125 Å². The highest BCUT2D eigenvalue weighted by molar-refractivity contribution is 7.91. The lowest BCUT2D eigenvalue weighted by atomic mass is 10.2. The third-order valence-corrected chi connectivity index (χ3v) is 5.27. The van der Waals surface area contributed by atoms with Crippen LogP contribution in [0.15, 0.2) is 18.2 Å². The Hall–Kier alpha value is -1.60. The number of nitrogens with zero attached hydrogens (tertiary/aromatic N) is 1. The lowest BCUT2D eigenvalue weighted by Gasteiger charge is -2.19. The molecule has 0 spiro atoms. The van der Waals surface area contributed by atoms with Crippen LogP contribution in [0.4, 0.5) is 11.4 Å². The molecule has 116 valence electrons. The Balaban J connectivity index is 1.94. The Morgan fingerprint density at radius 2 is 2.10 bits per heavy atom. The zero-order chi connectivity index (χ0) is 15.5. The Bertz CT molecular complexity index is 628.